The van der Waals surface area contributed by atoms with Crippen molar-refractivity contribution in [3.8, 4) is 12.3 Å². The minimum Gasteiger partial charge on any atom is -0.223 e. The molecule has 0 bridgehead atoms. The first-order valence-electron chi connectivity index (χ1n) is 3.48. The summed E-state index contributed by atoms with van der Waals surface area (Å²) < 4.78 is 23.5. The summed E-state index contributed by atoms with van der Waals surface area (Å²) in [4.78, 5) is 0.243. The number of benzene rings is 1. The third-order valence-corrected chi connectivity index (χ3v) is 3.97. The van der Waals surface area contributed by atoms with Crippen LogP contribution in [0.15, 0.2) is 33.6 Å². The van der Waals surface area contributed by atoms with Crippen molar-refractivity contribution in [3.63, 3.8) is 0 Å². The van der Waals surface area contributed by atoms with Gasteiger partial charge < -0.3 is 0 Å². The molecular weight excluding hydrogens is 252 g/mol. The lowest BCUT2D eigenvalue weighted by Gasteiger charge is -2.01. The van der Waals surface area contributed by atoms with E-state index in [-0.39, 0.29) is 10.6 Å². The normalized spacial score (nSPS) is 10.8. The van der Waals surface area contributed by atoms with Crippen molar-refractivity contribution < 1.29 is 8.42 Å². The first kappa shape index (κ1) is 10.3. The van der Waals surface area contributed by atoms with Crippen LogP contribution >= 0.6 is 15.9 Å². The van der Waals surface area contributed by atoms with E-state index in [2.05, 4.69) is 21.9 Å². The van der Waals surface area contributed by atoms with Gasteiger partial charge in [-0.3, -0.25) is 0 Å². The smallest absolute Gasteiger partial charge is 0.190 e. The Hall–Kier alpha value is -0.790. The van der Waals surface area contributed by atoms with E-state index in [0.717, 1.165) is 0 Å². The molecule has 0 aromatic heterocycles. The van der Waals surface area contributed by atoms with Crippen LogP contribution in [0.4, 0.5) is 0 Å². The summed E-state index contributed by atoms with van der Waals surface area (Å²) in [5, 5.41) is 0. The maximum atomic E-state index is 11.5. The van der Waals surface area contributed by atoms with E-state index in [1.807, 2.05) is 0 Å². The molecule has 0 radical (unpaired) electrons. The lowest BCUT2D eigenvalue weighted by Crippen LogP contribution is -2.05. The van der Waals surface area contributed by atoms with Crippen LogP contribution in [0, 0.1) is 12.3 Å². The van der Waals surface area contributed by atoms with Crippen molar-refractivity contribution in [2.75, 3.05) is 5.75 Å². The Labute approximate surface area is 86.0 Å². The number of rotatable bonds is 2. The quantitative estimate of drug-likeness (QED) is 0.759. The zero-order valence-electron chi connectivity index (χ0n) is 6.70. The molecule has 68 valence electrons. The van der Waals surface area contributed by atoms with E-state index >= 15 is 0 Å². The molecule has 0 aliphatic heterocycles. The van der Waals surface area contributed by atoms with E-state index in [1.165, 1.54) is 6.07 Å². The third-order valence-electron chi connectivity index (χ3n) is 1.45. The van der Waals surface area contributed by atoms with Gasteiger partial charge in [0.2, 0.25) is 0 Å². The molecule has 0 atom stereocenters. The van der Waals surface area contributed by atoms with Crippen molar-refractivity contribution in [2.45, 2.75) is 4.90 Å². The first-order chi connectivity index (χ1) is 6.08. The molecule has 1 rings (SSSR count). The SMILES string of the molecule is C#CCS(=O)(=O)c1ccccc1Br. The van der Waals surface area contributed by atoms with E-state index in [9.17, 15) is 8.42 Å². The van der Waals surface area contributed by atoms with Gasteiger partial charge in [0.1, 0.15) is 5.75 Å². The summed E-state index contributed by atoms with van der Waals surface area (Å²) in [5.74, 6) is 1.86. The second-order valence-corrected chi connectivity index (χ2v) is 5.21. The van der Waals surface area contributed by atoms with Gasteiger partial charge in [0, 0.05) is 4.47 Å². The molecule has 0 saturated heterocycles. The van der Waals surface area contributed by atoms with Gasteiger partial charge in [0.15, 0.2) is 9.84 Å². The second-order valence-electron chi connectivity index (χ2n) is 2.39. The van der Waals surface area contributed by atoms with E-state index in [0.29, 0.717) is 4.47 Å². The molecule has 0 aliphatic carbocycles. The molecule has 0 N–H and O–H groups in total. The average Bonchev–Trinajstić information content (AvgIpc) is 2.04. The van der Waals surface area contributed by atoms with Crippen molar-refractivity contribution in [3.05, 3.63) is 28.7 Å². The molecule has 0 amide bonds. The highest BCUT2D eigenvalue weighted by Gasteiger charge is 2.15. The summed E-state index contributed by atoms with van der Waals surface area (Å²) in [5.41, 5.74) is 0. The van der Waals surface area contributed by atoms with E-state index in [4.69, 9.17) is 6.42 Å². The molecule has 2 nitrogen and oxygen atoms in total. The van der Waals surface area contributed by atoms with Crippen molar-refractivity contribution >= 4 is 25.8 Å². The van der Waals surface area contributed by atoms with E-state index < -0.39 is 9.84 Å². The molecule has 1 aromatic rings. The zero-order valence-corrected chi connectivity index (χ0v) is 9.10. The van der Waals surface area contributed by atoms with Crippen molar-refractivity contribution in [2.24, 2.45) is 0 Å². The Balaban J connectivity index is 3.25. The lowest BCUT2D eigenvalue weighted by atomic mass is 10.4. The minimum atomic E-state index is -3.32. The Morgan fingerprint density at radius 1 is 1.38 bits per heavy atom. The number of halogens is 1. The topological polar surface area (TPSA) is 34.1 Å². The van der Waals surface area contributed by atoms with Crippen LogP contribution in [0.2, 0.25) is 0 Å². The van der Waals surface area contributed by atoms with Gasteiger partial charge in [-0.1, -0.05) is 18.1 Å². The zero-order chi connectivity index (χ0) is 9.90. The van der Waals surface area contributed by atoms with Crippen LogP contribution in [0.3, 0.4) is 0 Å². The fraction of sp³-hybridized carbons (Fsp3) is 0.111. The Kier molecular flexibility index (Phi) is 3.12. The summed E-state index contributed by atoms with van der Waals surface area (Å²) in [6.07, 6.45) is 4.96. The van der Waals surface area contributed by atoms with Gasteiger partial charge in [-0.25, -0.2) is 8.42 Å². The van der Waals surface area contributed by atoms with Gasteiger partial charge in [0.25, 0.3) is 0 Å². The largest absolute Gasteiger partial charge is 0.223 e. The standard InChI is InChI=1S/C9H7BrO2S/c1-2-7-13(11,12)9-6-4-3-5-8(9)10/h1,3-6H,7H2. The summed E-state index contributed by atoms with van der Waals surface area (Å²) in [6.45, 7) is 0. The summed E-state index contributed by atoms with van der Waals surface area (Å²) in [6, 6.07) is 6.60. The minimum absolute atomic E-state index is 0.243. The molecule has 0 aliphatic rings. The monoisotopic (exact) mass is 258 g/mol. The highest BCUT2D eigenvalue weighted by Crippen LogP contribution is 2.21. The van der Waals surface area contributed by atoms with Crippen LogP contribution in [0.25, 0.3) is 0 Å². The number of terminal acetylenes is 1. The van der Waals surface area contributed by atoms with Crippen molar-refractivity contribution in [1.82, 2.24) is 0 Å². The Morgan fingerprint density at radius 3 is 2.54 bits per heavy atom. The van der Waals surface area contributed by atoms with Crippen LogP contribution in [-0.4, -0.2) is 14.2 Å². The molecule has 0 saturated carbocycles. The predicted octanol–water partition coefficient (Wildman–Crippen LogP) is 1.86. The molecule has 0 heterocycles. The van der Waals surface area contributed by atoms with Gasteiger partial charge in [-0.05, 0) is 28.1 Å². The van der Waals surface area contributed by atoms with Crippen LogP contribution in [0.1, 0.15) is 0 Å². The fourth-order valence-corrected chi connectivity index (χ4v) is 2.94. The lowest BCUT2D eigenvalue weighted by molar-refractivity contribution is 0.599. The second kappa shape index (κ2) is 3.95. The Bertz CT molecular complexity index is 443. The molecule has 0 fully saturated rings. The van der Waals surface area contributed by atoms with Gasteiger partial charge >= 0.3 is 0 Å². The summed E-state index contributed by atoms with van der Waals surface area (Å²) in [7, 11) is -3.32. The molecule has 4 heteroatoms. The van der Waals surface area contributed by atoms with Crippen LogP contribution < -0.4 is 0 Å². The fourth-order valence-electron chi connectivity index (χ4n) is 0.884. The predicted molar refractivity (Wildman–Crippen MR) is 55.0 cm³/mol. The van der Waals surface area contributed by atoms with Gasteiger partial charge in [-0.2, -0.15) is 0 Å². The molecule has 13 heavy (non-hydrogen) atoms. The van der Waals surface area contributed by atoms with Gasteiger partial charge in [0.05, 0.1) is 4.90 Å². The number of hydrogen-bond acceptors (Lipinski definition) is 2. The number of sulfone groups is 1. The molecule has 0 spiro atoms. The van der Waals surface area contributed by atoms with Gasteiger partial charge in [-0.15, -0.1) is 6.42 Å². The van der Waals surface area contributed by atoms with E-state index in [1.54, 1.807) is 18.2 Å². The third kappa shape index (κ3) is 2.33. The van der Waals surface area contributed by atoms with Crippen LogP contribution in [0.5, 0.6) is 0 Å². The maximum absolute atomic E-state index is 11.5. The molecule has 0 unspecified atom stereocenters. The van der Waals surface area contributed by atoms with Crippen LogP contribution in [-0.2, 0) is 9.84 Å². The molecular formula is C9H7BrO2S. The number of hydrogen-bond donors (Lipinski definition) is 0. The highest BCUT2D eigenvalue weighted by atomic mass is 79.9. The summed E-state index contributed by atoms with van der Waals surface area (Å²) >= 11 is 3.15. The Morgan fingerprint density at radius 2 is 2.00 bits per heavy atom. The maximum Gasteiger partial charge on any atom is 0.190 e. The average molecular weight is 259 g/mol. The first-order valence-corrected chi connectivity index (χ1v) is 5.93. The molecule has 1 aromatic carbocycles. The highest BCUT2D eigenvalue weighted by molar-refractivity contribution is 9.10. The van der Waals surface area contributed by atoms with Crippen molar-refractivity contribution in [1.29, 1.82) is 0 Å².